The van der Waals surface area contributed by atoms with E-state index in [9.17, 15) is 18.0 Å². The maximum atomic E-state index is 12.8. The molecule has 2 aliphatic rings. The summed E-state index contributed by atoms with van der Waals surface area (Å²) in [5.41, 5.74) is 0.751. The standard InChI is InChI=1S/C19H18F3N3O/c20-19(21,22)14-1-3-15(4-2-14)24-11-16-5-6-17(12-24)25(16)18(26)13-7-9-23-10-8-13/h1-4,7-10,16-17H,5-6,11-12H2. The Morgan fingerprint density at radius 1 is 0.962 bits per heavy atom. The molecule has 2 fully saturated rings. The zero-order chi connectivity index (χ0) is 18.3. The summed E-state index contributed by atoms with van der Waals surface area (Å²) < 4.78 is 38.2. The summed E-state index contributed by atoms with van der Waals surface area (Å²) in [6.07, 6.45) is 0.714. The number of anilines is 1. The largest absolute Gasteiger partial charge is 0.416 e. The van der Waals surface area contributed by atoms with E-state index in [2.05, 4.69) is 9.88 Å². The van der Waals surface area contributed by atoms with E-state index < -0.39 is 11.7 Å². The Balaban J connectivity index is 1.51. The van der Waals surface area contributed by atoms with Gasteiger partial charge in [-0.25, -0.2) is 0 Å². The summed E-state index contributed by atoms with van der Waals surface area (Å²) in [7, 11) is 0. The highest BCUT2D eigenvalue weighted by atomic mass is 19.4. The molecule has 2 unspecified atom stereocenters. The number of rotatable bonds is 2. The normalized spacial score (nSPS) is 22.6. The van der Waals surface area contributed by atoms with Gasteiger partial charge in [-0.3, -0.25) is 9.78 Å². The van der Waals surface area contributed by atoms with Gasteiger partial charge in [0.1, 0.15) is 0 Å². The van der Waals surface area contributed by atoms with Gasteiger partial charge in [-0.1, -0.05) is 0 Å². The highest BCUT2D eigenvalue weighted by Gasteiger charge is 2.43. The Bertz CT molecular complexity index is 778. The molecule has 2 aromatic rings. The Hall–Kier alpha value is -2.57. The molecule has 2 saturated heterocycles. The maximum Gasteiger partial charge on any atom is 0.416 e. The lowest BCUT2D eigenvalue weighted by molar-refractivity contribution is -0.137. The van der Waals surface area contributed by atoms with Crippen LogP contribution in [0.3, 0.4) is 0 Å². The predicted molar refractivity (Wildman–Crippen MR) is 90.9 cm³/mol. The number of amides is 1. The molecule has 1 amide bonds. The van der Waals surface area contributed by atoms with Crippen LogP contribution < -0.4 is 4.90 Å². The third-order valence-corrected chi connectivity index (χ3v) is 5.20. The molecule has 4 nitrogen and oxygen atoms in total. The summed E-state index contributed by atoms with van der Waals surface area (Å²) in [5, 5.41) is 0. The average molecular weight is 361 g/mol. The summed E-state index contributed by atoms with van der Waals surface area (Å²) in [6.45, 7) is 1.28. The molecule has 2 atom stereocenters. The van der Waals surface area contributed by atoms with Gasteiger partial charge in [0.2, 0.25) is 0 Å². The van der Waals surface area contributed by atoms with E-state index in [1.54, 1.807) is 24.5 Å². The number of aromatic nitrogens is 1. The SMILES string of the molecule is O=C(c1ccncc1)N1C2CCC1CN(c1ccc(C(F)(F)F)cc1)C2. The third kappa shape index (κ3) is 3.02. The van der Waals surface area contributed by atoms with E-state index in [4.69, 9.17) is 0 Å². The van der Waals surface area contributed by atoms with Crippen molar-refractivity contribution in [2.45, 2.75) is 31.1 Å². The first-order valence-electron chi connectivity index (χ1n) is 8.58. The quantitative estimate of drug-likeness (QED) is 0.820. The van der Waals surface area contributed by atoms with Crippen LogP contribution >= 0.6 is 0 Å². The van der Waals surface area contributed by atoms with E-state index in [1.807, 2.05) is 4.90 Å². The number of pyridine rings is 1. The molecule has 136 valence electrons. The fourth-order valence-electron chi connectivity index (χ4n) is 3.95. The second kappa shape index (κ2) is 6.30. The zero-order valence-electron chi connectivity index (χ0n) is 14.0. The molecule has 3 heterocycles. The van der Waals surface area contributed by atoms with Gasteiger partial charge < -0.3 is 9.80 Å². The zero-order valence-corrected chi connectivity index (χ0v) is 14.0. The molecule has 0 aliphatic carbocycles. The van der Waals surface area contributed by atoms with E-state index in [0.29, 0.717) is 18.7 Å². The number of alkyl halides is 3. The molecule has 0 spiro atoms. The Labute approximate surface area is 149 Å². The topological polar surface area (TPSA) is 36.4 Å². The van der Waals surface area contributed by atoms with Crippen molar-refractivity contribution in [1.82, 2.24) is 9.88 Å². The number of piperazine rings is 1. The molecule has 1 aromatic heterocycles. The number of benzene rings is 1. The van der Waals surface area contributed by atoms with Crippen molar-refractivity contribution in [2.24, 2.45) is 0 Å². The van der Waals surface area contributed by atoms with Gasteiger partial charge in [-0.15, -0.1) is 0 Å². The van der Waals surface area contributed by atoms with Gasteiger partial charge in [0.05, 0.1) is 5.56 Å². The van der Waals surface area contributed by atoms with Gasteiger partial charge in [-0.05, 0) is 49.2 Å². The second-order valence-corrected chi connectivity index (χ2v) is 6.78. The Morgan fingerprint density at radius 3 is 2.08 bits per heavy atom. The molecule has 2 bridgehead atoms. The summed E-state index contributed by atoms with van der Waals surface area (Å²) in [5.74, 6) is 0.00645. The molecule has 1 aromatic carbocycles. The number of hydrogen-bond donors (Lipinski definition) is 0. The number of hydrogen-bond acceptors (Lipinski definition) is 3. The van der Waals surface area contributed by atoms with Crippen LogP contribution in [0.25, 0.3) is 0 Å². The van der Waals surface area contributed by atoms with Crippen LogP contribution in [0.2, 0.25) is 0 Å². The lowest BCUT2D eigenvalue weighted by atomic mass is 10.1. The molecule has 7 heteroatoms. The van der Waals surface area contributed by atoms with Crippen molar-refractivity contribution in [2.75, 3.05) is 18.0 Å². The molecular weight excluding hydrogens is 343 g/mol. The first kappa shape index (κ1) is 16.9. The van der Waals surface area contributed by atoms with Crippen LogP contribution in [0, 0.1) is 0 Å². The average Bonchev–Trinajstić information content (AvgIpc) is 2.90. The summed E-state index contributed by atoms with van der Waals surface area (Å²) in [4.78, 5) is 20.8. The lowest BCUT2D eigenvalue weighted by Gasteiger charge is -2.42. The van der Waals surface area contributed by atoms with Crippen molar-refractivity contribution in [3.63, 3.8) is 0 Å². The minimum Gasteiger partial charge on any atom is -0.367 e. The van der Waals surface area contributed by atoms with Crippen molar-refractivity contribution in [3.8, 4) is 0 Å². The monoisotopic (exact) mass is 361 g/mol. The van der Waals surface area contributed by atoms with Crippen molar-refractivity contribution < 1.29 is 18.0 Å². The van der Waals surface area contributed by atoms with Crippen LogP contribution in [0.5, 0.6) is 0 Å². The maximum absolute atomic E-state index is 12.8. The first-order chi connectivity index (χ1) is 12.4. The van der Waals surface area contributed by atoms with Crippen LogP contribution in [0.15, 0.2) is 48.8 Å². The predicted octanol–water partition coefficient (Wildman–Crippen LogP) is 3.59. The fraction of sp³-hybridized carbons (Fsp3) is 0.368. The van der Waals surface area contributed by atoms with Crippen LogP contribution in [-0.2, 0) is 6.18 Å². The minimum atomic E-state index is -4.33. The highest BCUT2D eigenvalue weighted by Crippen LogP contribution is 2.35. The second-order valence-electron chi connectivity index (χ2n) is 6.78. The summed E-state index contributed by atoms with van der Waals surface area (Å²) >= 11 is 0. The molecule has 4 rings (SSSR count). The van der Waals surface area contributed by atoms with Crippen molar-refractivity contribution >= 4 is 11.6 Å². The third-order valence-electron chi connectivity index (χ3n) is 5.20. The Morgan fingerprint density at radius 2 is 1.54 bits per heavy atom. The molecule has 2 aliphatic heterocycles. The molecular formula is C19H18F3N3O. The highest BCUT2D eigenvalue weighted by molar-refractivity contribution is 5.95. The first-order valence-corrected chi connectivity index (χ1v) is 8.58. The van der Waals surface area contributed by atoms with Gasteiger partial charge in [0.25, 0.3) is 5.91 Å². The van der Waals surface area contributed by atoms with Crippen molar-refractivity contribution in [3.05, 3.63) is 59.9 Å². The van der Waals surface area contributed by atoms with E-state index in [1.165, 1.54) is 12.1 Å². The summed E-state index contributed by atoms with van der Waals surface area (Å²) in [6, 6.07) is 8.85. The van der Waals surface area contributed by atoms with Gasteiger partial charge >= 0.3 is 6.18 Å². The number of carbonyl (C=O) groups is 1. The lowest BCUT2D eigenvalue weighted by Crippen LogP contribution is -2.56. The Kier molecular flexibility index (Phi) is 4.09. The molecule has 0 N–H and O–H groups in total. The van der Waals surface area contributed by atoms with E-state index in [-0.39, 0.29) is 18.0 Å². The van der Waals surface area contributed by atoms with Crippen molar-refractivity contribution in [1.29, 1.82) is 0 Å². The van der Waals surface area contributed by atoms with Crippen LogP contribution in [0.1, 0.15) is 28.8 Å². The number of fused-ring (bicyclic) bond motifs is 2. The number of carbonyl (C=O) groups excluding carboxylic acids is 1. The fourth-order valence-corrected chi connectivity index (χ4v) is 3.95. The molecule has 0 saturated carbocycles. The van der Waals surface area contributed by atoms with Gasteiger partial charge in [-0.2, -0.15) is 13.2 Å². The van der Waals surface area contributed by atoms with E-state index >= 15 is 0 Å². The molecule has 26 heavy (non-hydrogen) atoms. The number of nitrogens with zero attached hydrogens (tertiary/aromatic N) is 3. The smallest absolute Gasteiger partial charge is 0.367 e. The van der Waals surface area contributed by atoms with E-state index in [0.717, 1.165) is 30.7 Å². The number of halogens is 3. The van der Waals surface area contributed by atoms with Crippen LogP contribution in [0.4, 0.5) is 18.9 Å². The van der Waals surface area contributed by atoms with Gasteiger partial charge in [0, 0.05) is 48.8 Å². The molecule has 0 radical (unpaired) electrons. The minimum absolute atomic E-state index is 0.00645. The van der Waals surface area contributed by atoms with Gasteiger partial charge in [0.15, 0.2) is 0 Å². The van der Waals surface area contributed by atoms with Crippen LogP contribution in [-0.4, -0.2) is 41.0 Å².